The number of hydrogen-bond donors (Lipinski definition) is 2. The molecule has 0 aliphatic carbocycles. The molecule has 0 atom stereocenters. The van der Waals surface area contributed by atoms with Gasteiger partial charge in [-0.25, -0.2) is 12.8 Å². The van der Waals surface area contributed by atoms with E-state index in [1.54, 1.807) is 6.07 Å². The third-order valence-electron chi connectivity index (χ3n) is 3.01. The van der Waals surface area contributed by atoms with Crippen molar-refractivity contribution in [2.45, 2.75) is 4.90 Å². The van der Waals surface area contributed by atoms with E-state index >= 15 is 0 Å². The number of ether oxygens (including phenoxy) is 1. The summed E-state index contributed by atoms with van der Waals surface area (Å²) in [5, 5.41) is 2.40. The Morgan fingerprint density at radius 1 is 1.12 bits per heavy atom. The lowest BCUT2D eigenvalue weighted by Gasteiger charge is -2.08. The molecule has 0 aliphatic rings. The van der Waals surface area contributed by atoms with E-state index in [1.807, 2.05) is 0 Å². The number of carbonyl (C=O) groups excluding carboxylic acids is 2. The van der Waals surface area contributed by atoms with Gasteiger partial charge in [0.15, 0.2) is 6.61 Å². The van der Waals surface area contributed by atoms with Gasteiger partial charge in [-0.1, -0.05) is 22.0 Å². The van der Waals surface area contributed by atoms with Crippen LogP contribution in [0.25, 0.3) is 0 Å². The number of anilines is 1. The molecule has 0 radical (unpaired) electrons. The topological polar surface area (TPSA) is 102 Å². The van der Waals surface area contributed by atoms with E-state index < -0.39 is 40.9 Å². The van der Waals surface area contributed by atoms with Crippen LogP contribution in [0.15, 0.2) is 57.9 Å². The first-order valence-electron chi connectivity index (χ1n) is 7.22. The molecule has 2 rings (SSSR count). The van der Waals surface area contributed by atoms with Crippen molar-refractivity contribution < 1.29 is 27.1 Å². The molecule has 26 heavy (non-hydrogen) atoms. The summed E-state index contributed by atoms with van der Waals surface area (Å²) >= 11 is 3.16. The summed E-state index contributed by atoms with van der Waals surface area (Å²) in [5.41, 5.74) is 0.336. The fourth-order valence-corrected chi connectivity index (χ4v) is 3.36. The van der Waals surface area contributed by atoms with Crippen LogP contribution in [-0.2, 0) is 24.3 Å². The number of hydrogen-bond acceptors (Lipinski definition) is 5. The van der Waals surface area contributed by atoms with E-state index in [1.165, 1.54) is 42.5 Å². The summed E-state index contributed by atoms with van der Waals surface area (Å²) in [5.74, 6) is -2.01. The molecular formula is C16H14BrFN2O5S. The van der Waals surface area contributed by atoms with Gasteiger partial charge in [-0.15, -0.1) is 0 Å². The Morgan fingerprint density at radius 2 is 1.81 bits per heavy atom. The van der Waals surface area contributed by atoms with Gasteiger partial charge in [-0.3, -0.25) is 9.59 Å². The molecule has 0 heterocycles. The number of rotatable bonds is 7. The first-order chi connectivity index (χ1) is 12.3. The monoisotopic (exact) mass is 444 g/mol. The third-order valence-corrected chi connectivity index (χ3v) is 4.90. The molecule has 0 unspecified atom stereocenters. The zero-order valence-corrected chi connectivity index (χ0v) is 15.6. The lowest BCUT2D eigenvalue weighted by atomic mass is 10.3. The van der Waals surface area contributed by atoms with E-state index in [4.69, 9.17) is 4.74 Å². The Bertz CT molecular complexity index is 903. The van der Waals surface area contributed by atoms with Crippen LogP contribution in [0.1, 0.15) is 0 Å². The van der Waals surface area contributed by atoms with Crippen molar-refractivity contribution in [2.75, 3.05) is 18.5 Å². The van der Waals surface area contributed by atoms with E-state index in [0.29, 0.717) is 10.2 Å². The number of nitrogens with one attached hydrogen (secondary N) is 2. The van der Waals surface area contributed by atoms with E-state index in [2.05, 4.69) is 26.0 Å². The summed E-state index contributed by atoms with van der Waals surface area (Å²) in [6, 6.07) is 11.0. The number of sulfonamides is 1. The van der Waals surface area contributed by atoms with Crippen LogP contribution in [0, 0.1) is 5.82 Å². The minimum atomic E-state index is -3.89. The van der Waals surface area contributed by atoms with Gasteiger partial charge in [0.1, 0.15) is 12.4 Å². The quantitative estimate of drug-likeness (QED) is 0.636. The minimum Gasteiger partial charge on any atom is -0.455 e. The second-order valence-corrected chi connectivity index (χ2v) is 7.68. The van der Waals surface area contributed by atoms with E-state index in [9.17, 15) is 22.4 Å². The fraction of sp³-hybridized carbons (Fsp3) is 0.125. The Morgan fingerprint density at radius 3 is 2.46 bits per heavy atom. The van der Waals surface area contributed by atoms with Gasteiger partial charge >= 0.3 is 5.97 Å². The smallest absolute Gasteiger partial charge is 0.321 e. The molecule has 10 heteroatoms. The molecule has 2 aromatic carbocycles. The summed E-state index contributed by atoms with van der Waals surface area (Å²) < 4.78 is 44.2. The minimum absolute atomic E-state index is 0.0197. The van der Waals surface area contributed by atoms with Crippen molar-refractivity contribution in [1.29, 1.82) is 0 Å². The normalized spacial score (nSPS) is 11.0. The average molecular weight is 445 g/mol. The van der Waals surface area contributed by atoms with Crippen molar-refractivity contribution in [3.8, 4) is 0 Å². The zero-order valence-electron chi connectivity index (χ0n) is 13.2. The SMILES string of the molecule is O=C(COC(=O)CNS(=O)(=O)c1cccc(Br)c1)Nc1ccc(F)cc1. The third kappa shape index (κ3) is 6.21. The van der Waals surface area contributed by atoms with Crippen LogP contribution >= 0.6 is 15.9 Å². The lowest BCUT2D eigenvalue weighted by Crippen LogP contribution is -2.32. The molecule has 7 nitrogen and oxygen atoms in total. The second kappa shape index (κ2) is 8.88. The largest absolute Gasteiger partial charge is 0.455 e. The summed E-state index contributed by atoms with van der Waals surface area (Å²) in [7, 11) is -3.89. The summed E-state index contributed by atoms with van der Waals surface area (Å²) in [4.78, 5) is 23.2. The van der Waals surface area contributed by atoms with Crippen LogP contribution in [0.4, 0.5) is 10.1 Å². The molecule has 2 aromatic rings. The Labute approximate surface area is 157 Å². The van der Waals surface area contributed by atoms with Crippen molar-refractivity contribution in [2.24, 2.45) is 0 Å². The highest BCUT2D eigenvalue weighted by Crippen LogP contribution is 2.15. The molecule has 0 bridgehead atoms. The van der Waals surface area contributed by atoms with Crippen LogP contribution < -0.4 is 10.0 Å². The maximum absolute atomic E-state index is 12.8. The molecule has 0 aromatic heterocycles. The van der Waals surface area contributed by atoms with Gasteiger partial charge in [0, 0.05) is 10.2 Å². The molecule has 0 saturated heterocycles. The van der Waals surface area contributed by atoms with Gasteiger partial charge in [-0.05, 0) is 42.5 Å². The van der Waals surface area contributed by atoms with Gasteiger partial charge in [-0.2, -0.15) is 4.72 Å². The predicted molar refractivity (Wildman–Crippen MR) is 95.3 cm³/mol. The highest BCUT2D eigenvalue weighted by molar-refractivity contribution is 9.10. The fourth-order valence-electron chi connectivity index (χ4n) is 1.80. The Kier molecular flexibility index (Phi) is 6.83. The van der Waals surface area contributed by atoms with Gasteiger partial charge < -0.3 is 10.1 Å². The molecule has 138 valence electrons. The Hall–Kier alpha value is -2.30. The van der Waals surface area contributed by atoms with Crippen molar-refractivity contribution >= 4 is 43.5 Å². The number of esters is 1. The number of benzene rings is 2. The predicted octanol–water partition coefficient (Wildman–Crippen LogP) is 2.05. The number of carbonyl (C=O) groups is 2. The second-order valence-electron chi connectivity index (χ2n) is 5.00. The first-order valence-corrected chi connectivity index (χ1v) is 9.50. The van der Waals surface area contributed by atoms with Crippen LogP contribution in [0.3, 0.4) is 0 Å². The van der Waals surface area contributed by atoms with Crippen LogP contribution in [0.5, 0.6) is 0 Å². The molecule has 0 saturated carbocycles. The van der Waals surface area contributed by atoms with Gasteiger partial charge in [0.25, 0.3) is 5.91 Å². The number of amides is 1. The Balaban J connectivity index is 1.79. The summed E-state index contributed by atoms with van der Waals surface area (Å²) in [6.45, 7) is -1.23. The van der Waals surface area contributed by atoms with E-state index in [-0.39, 0.29) is 4.90 Å². The molecule has 1 amide bonds. The van der Waals surface area contributed by atoms with E-state index in [0.717, 1.165) is 0 Å². The van der Waals surface area contributed by atoms with Crippen molar-refractivity contribution in [1.82, 2.24) is 4.72 Å². The summed E-state index contributed by atoms with van der Waals surface area (Å²) in [6.07, 6.45) is 0. The van der Waals surface area contributed by atoms with Gasteiger partial charge in [0.2, 0.25) is 10.0 Å². The standard InChI is InChI=1S/C16H14BrFN2O5S/c17-11-2-1-3-14(8-11)26(23,24)19-9-16(22)25-10-15(21)20-13-6-4-12(18)5-7-13/h1-8,19H,9-10H2,(H,20,21). The first kappa shape index (κ1) is 20.0. The molecule has 0 fully saturated rings. The van der Waals surface area contributed by atoms with Crippen LogP contribution in [0.2, 0.25) is 0 Å². The van der Waals surface area contributed by atoms with Crippen molar-refractivity contribution in [3.05, 3.63) is 58.8 Å². The van der Waals surface area contributed by atoms with Crippen molar-refractivity contribution in [3.63, 3.8) is 0 Å². The van der Waals surface area contributed by atoms with Gasteiger partial charge in [0.05, 0.1) is 4.90 Å². The maximum Gasteiger partial charge on any atom is 0.321 e. The average Bonchev–Trinajstić information content (AvgIpc) is 2.60. The lowest BCUT2D eigenvalue weighted by molar-refractivity contribution is -0.146. The highest BCUT2D eigenvalue weighted by atomic mass is 79.9. The zero-order chi connectivity index (χ0) is 19.2. The number of halogens is 2. The molecule has 2 N–H and O–H groups in total. The molecule has 0 aliphatic heterocycles. The molecular weight excluding hydrogens is 431 g/mol. The highest BCUT2D eigenvalue weighted by Gasteiger charge is 2.17. The molecule has 0 spiro atoms. The van der Waals surface area contributed by atoms with Crippen LogP contribution in [-0.4, -0.2) is 33.4 Å². The maximum atomic E-state index is 12.8.